The maximum Gasteiger partial charge on any atom is 0.276 e. The van der Waals surface area contributed by atoms with Gasteiger partial charge in [-0.25, -0.2) is 0 Å². The Labute approximate surface area is 177 Å². The maximum atomic E-state index is 12.9. The van der Waals surface area contributed by atoms with Gasteiger partial charge in [-0.05, 0) is 44.4 Å². The average molecular weight is 404 g/mol. The summed E-state index contributed by atoms with van der Waals surface area (Å²) in [6.45, 7) is 10.3. The van der Waals surface area contributed by atoms with Gasteiger partial charge in [-0.2, -0.15) is 4.98 Å². The highest BCUT2D eigenvalue weighted by Gasteiger charge is 2.25. The van der Waals surface area contributed by atoms with E-state index >= 15 is 0 Å². The van der Waals surface area contributed by atoms with Crippen LogP contribution in [0.2, 0.25) is 0 Å². The van der Waals surface area contributed by atoms with Crippen LogP contribution in [0.1, 0.15) is 58.5 Å². The summed E-state index contributed by atoms with van der Waals surface area (Å²) in [5, 5.41) is 3.11. The van der Waals surface area contributed by atoms with Crippen molar-refractivity contribution in [3.63, 3.8) is 0 Å². The second kappa shape index (κ2) is 9.08. The Bertz CT molecular complexity index is 1080. The van der Waals surface area contributed by atoms with Crippen molar-refractivity contribution < 1.29 is 4.79 Å². The average Bonchev–Trinajstić information content (AvgIpc) is 2.73. The van der Waals surface area contributed by atoms with E-state index in [1.54, 1.807) is 6.92 Å². The lowest BCUT2D eigenvalue weighted by Gasteiger charge is -2.27. The van der Waals surface area contributed by atoms with E-state index in [1.165, 1.54) is 0 Å². The van der Waals surface area contributed by atoms with Crippen molar-refractivity contribution in [2.75, 3.05) is 0 Å². The van der Waals surface area contributed by atoms with Crippen LogP contribution >= 0.6 is 0 Å². The zero-order chi connectivity index (χ0) is 21.8. The number of hydrogen-bond donors (Lipinski definition) is 1. The molecular formula is C25H29N3O2. The Morgan fingerprint density at radius 3 is 2.23 bits per heavy atom. The Hall–Kier alpha value is -3.21. The molecule has 5 nitrogen and oxygen atoms in total. The highest BCUT2D eigenvalue weighted by Crippen LogP contribution is 2.23. The number of aromatic nitrogens is 2. The van der Waals surface area contributed by atoms with E-state index in [4.69, 9.17) is 0 Å². The number of carbonyl (C=O) groups is 1. The first-order chi connectivity index (χ1) is 14.3. The SMILES string of the molecule is Cc1ccc(C(=O)N[C@@H](c2nc(=O)c(C)c(C)n2Cc2ccccc2)C(C)C)cc1. The Morgan fingerprint density at radius 1 is 1.00 bits per heavy atom. The number of hydrogen-bond acceptors (Lipinski definition) is 3. The number of carbonyl (C=O) groups excluding carboxylic acids is 1. The first-order valence-corrected chi connectivity index (χ1v) is 10.3. The third-order valence-corrected chi connectivity index (χ3v) is 5.49. The maximum absolute atomic E-state index is 12.9. The quantitative estimate of drug-likeness (QED) is 0.666. The van der Waals surface area contributed by atoms with E-state index in [2.05, 4.69) is 10.3 Å². The van der Waals surface area contributed by atoms with Crippen molar-refractivity contribution in [2.45, 2.75) is 47.2 Å². The molecule has 0 saturated heterocycles. The molecule has 0 aliphatic heterocycles. The molecule has 30 heavy (non-hydrogen) atoms. The third-order valence-electron chi connectivity index (χ3n) is 5.49. The van der Waals surface area contributed by atoms with E-state index in [1.807, 2.05) is 86.9 Å². The lowest BCUT2D eigenvalue weighted by atomic mass is 10.0. The van der Waals surface area contributed by atoms with Crippen LogP contribution in [0.15, 0.2) is 59.4 Å². The van der Waals surface area contributed by atoms with Gasteiger partial charge in [0.05, 0.1) is 6.04 Å². The van der Waals surface area contributed by atoms with Crippen molar-refractivity contribution in [2.24, 2.45) is 5.92 Å². The minimum atomic E-state index is -0.394. The van der Waals surface area contributed by atoms with E-state index < -0.39 is 6.04 Å². The third kappa shape index (κ3) is 4.67. The summed E-state index contributed by atoms with van der Waals surface area (Å²) in [6, 6.07) is 17.1. The van der Waals surface area contributed by atoms with Gasteiger partial charge in [0.1, 0.15) is 5.82 Å². The molecule has 0 aliphatic rings. The minimum absolute atomic E-state index is 0.0513. The molecule has 5 heteroatoms. The number of aryl methyl sites for hydroxylation is 1. The predicted octanol–water partition coefficient (Wildman–Crippen LogP) is 4.34. The lowest BCUT2D eigenvalue weighted by Crippen LogP contribution is -2.37. The van der Waals surface area contributed by atoms with Gasteiger partial charge in [0.15, 0.2) is 0 Å². The molecule has 0 unspecified atom stereocenters. The van der Waals surface area contributed by atoms with Gasteiger partial charge < -0.3 is 9.88 Å². The van der Waals surface area contributed by atoms with Gasteiger partial charge in [-0.1, -0.05) is 61.9 Å². The molecule has 0 spiro atoms. The predicted molar refractivity (Wildman–Crippen MR) is 120 cm³/mol. The van der Waals surface area contributed by atoms with Crippen LogP contribution in [0.3, 0.4) is 0 Å². The van der Waals surface area contributed by atoms with Gasteiger partial charge in [0, 0.05) is 23.4 Å². The molecule has 3 aromatic rings. The molecule has 0 radical (unpaired) electrons. The zero-order valence-corrected chi connectivity index (χ0v) is 18.3. The number of amides is 1. The molecule has 2 aromatic carbocycles. The van der Waals surface area contributed by atoms with Crippen LogP contribution in [-0.4, -0.2) is 15.5 Å². The first kappa shape index (κ1) is 21.5. The van der Waals surface area contributed by atoms with Crippen LogP contribution in [0.5, 0.6) is 0 Å². The molecule has 1 amide bonds. The van der Waals surface area contributed by atoms with Gasteiger partial charge in [-0.3, -0.25) is 9.59 Å². The molecule has 1 N–H and O–H groups in total. The highest BCUT2D eigenvalue weighted by atomic mass is 16.1. The summed E-state index contributed by atoms with van der Waals surface area (Å²) in [6.07, 6.45) is 0. The van der Waals surface area contributed by atoms with Gasteiger partial charge in [0.2, 0.25) is 0 Å². The fourth-order valence-corrected chi connectivity index (χ4v) is 3.44. The normalized spacial score (nSPS) is 12.1. The van der Waals surface area contributed by atoms with Gasteiger partial charge >= 0.3 is 0 Å². The summed E-state index contributed by atoms with van der Waals surface area (Å²) < 4.78 is 2.05. The standard InChI is InChI=1S/C25H29N3O2/c1-16(2)22(26-25(30)21-13-11-17(3)12-14-21)23-27-24(29)18(4)19(5)28(23)15-20-9-7-6-8-10-20/h6-14,16,22H,15H2,1-5H3,(H,26,30)/t22-/m1/s1. The fraction of sp³-hybridized carbons (Fsp3) is 0.320. The highest BCUT2D eigenvalue weighted by molar-refractivity contribution is 5.94. The molecule has 0 saturated carbocycles. The molecule has 0 bridgehead atoms. The molecule has 3 rings (SSSR count). The Kier molecular flexibility index (Phi) is 6.50. The van der Waals surface area contributed by atoms with E-state index in [0.29, 0.717) is 23.5 Å². The fourth-order valence-electron chi connectivity index (χ4n) is 3.44. The molecule has 0 aliphatic carbocycles. The number of rotatable bonds is 6. The molecule has 0 fully saturated rings. The summed E-state index contributed by atoms with van der Waals surface area (Å²) in [5.74, 6) is 0.463. The zero-order valence-electron chi connectivity index (χ0n) is 18.3. The Balaban J connectivity index is 2.04. The van der Waals surface area contributed by atoms with E-state index in [0.717, 1.165) is 16.8 Å². The van der Waals surface area contributed by atoms with Crippen molar-refractivity contribution in [3.05, 3.63) is 98.7 Å². The summed E-state index contributed by atoms with van der Waals surface area (Å²) in [4.78, 5) is 29.9. The minimum Gasteiger partial charge on any atom is -0.342 e. The summed E-state index contributed by atoms with van der Waals surface area (Å²) in [5.41, 5.74) is 4.04. The van der Waals surface area contributed by atoms with Crippen LogP contribution in [0.4, 0.5) is 0 Å². The van der Waals surface area contributed by atoms with Crippen LogP contribution < -0.4 is 10.9 Å². The van der Waals surface area contributed by atoms with Crippen molar-refractivity contribution in [1.82, 2.24) is 14.9 Å². The smallest absolute Gasteiger partial charge is 0.276 e. The second-order valence-electron chi connectivity index (χ2n) is 8.12. The number of nitrogens with one attached hydrogen (secondary N) is 1. The van der Waals surface area contributed by atoms with Gasteiger partial charge in [0.25, 0.3) is 11.5 Å². The van der Waals surface area contributed by atoms with Crippen LogP contribution in [-0.2, 0) is 6.54 Å². The molecule has 1 atom stereocenters. The van der Waals surface area contributed by atoms with Crippen LogP contribution in [0.25, 0.3) is 0 Å². The lowest BCUT2D eigenvalue weighted by molar-refractivity contribution is 0.0921. The van der Waals surface area contributed by atoms with Crippen LogP contribution in [0, 0.1) is 26.7 Å². The van der Waals surface area contributed by atoms with E-state index in [9.17, 15) is 9.59 Å². The van der Waals surface area contributed by atoms with Gasteiger partial charge in [-0.15, -0.1) is 0 Å². The van der Waals surface area contributed by atoms with Crippen molar-refractivity contribution in [3.8, 4) is 0 Å². The summed E-state index contributed by atoms with van der Waals surface area (Å²) in [7, 11) is 0. The molecule has 156 valence electrons. The second-order valence-corrected chi connectivity index (χ2v) is 8.12. The molecular weight excluding hydrogens is 374 g/mol. The number of benzene rings is 2. The molecule has 1 heterocycles. The largest absolute Gasteiger partial charge is 0.342 e. The number of nitrogens with zero attached hydrogens (tertiary/aromatic N) is 2. The monoisotopic (exact) mass is 403 g/mol. The topological polar surface area (TPSA) is 64.0 Å². The van der Waals surface area contributed by atoms with E-state index in [-0.39, 0.29) is 17.4 Å². The van der Waals surface area contributed by atoms with Crippen molar-refractivity contribution >= 4 is 5.91 Å². The first-order valence-electron chi connectivity index (χ1n) is 10.3. The summed E-state index contributed by atoms with van der Waals surface area (Å²) >= 11 is 0. The molecule has 1 aromatic heterocycles. The van der Waals surface area contributed by atoms with Crippen molar-refractivity contribution in [1.29, 1.82) is 0 Å². The Morgan fingerprint density at radius 2 is 1.63 bits per heavy atom.